The van der Waals surface area contributed by atoms with E-state index in [1.165, 1.54) is 11.8 Å². The van der Waals surface area contributed by atoms with Gasteiger partial charge in [-0.2, -0.15) is 0 Å². The Hall–Kier alpha value is -2.99. The lowest BCUT2D eigenvalue weighted by atomic mass is 10.1. The zero-order valence-corrected chi connectivity index (χ0v) is 13.9. The molecule has 4 rings (SSSR count). The largest absolute Gasteiger partial charge is 0.411 e. The predicted octanol–water partition coefficient (Wildman–Crippen LogP) is 4.26. The van der Waals surface area contributed by atoms with Crippen LogP contribution in [0.3, 0.4) is 0 Å². The van der Waals surface area contributed by atoms with Crippen LogP contribution in [-0.4, -0.2) is 26.7 Å². The summed E-state index contributed by atoms with van der Waals surface area (Å²) in [5.74, 6) is 0.665. The van der Waals surface area contributed by atoms with Crippen molar-refractivity contribution in [2.75, 3.05) is 5.75 Å². The highest BCUT2D eigenvalue weighted by atomic mass is 32.2. The highest BCUT2D eigenvalue weighted by Crippen LogP contribution is 2.24. The van der Waals surface area contributed by atoms with Gasteiger partial charge in [-0.3, -0.25) is 9.78 Å². The Kier molecular flexibility index (Phi) is 4.26. The summed E-state index contributed by atoms with van der Waals surface area (Å²) in [5, 5.41) is 10.5. The van der Waals surface area contributed by atoms with Gasteiger partial charge in [0.15, 0.2) is 5.78 Å². The average molecular weight is 347 g/mol. The highest BCUT2D eigenvalue weighted by Gasteiger charge is 2.12. The van der Waals surface area contributed by atoms with E-state index in [1.807, 2.05) is 48.5 Å². The number of hydrogen-bond donors (Lipinski definition) is 0. The molecule has 0 saturated carbocycles. The van der Waals surface area contributed by atoms with Gasteiger partial charge in [0.25, 0.3) is 5.22 Å². The number of aromatic nitrogens is 3. The van der Waals surface area contributed by atoms with E-state index in [0.29, 0.717) is 16.7 Å². The first-order valence-electron chi connectivity index (χ1n) is 7.68. The summed E-state index contributed by atoms with van der Waals surface area (Å²) in [6.07, 6.45) is 3.33. The molecule has 0 saturated heterocycles. The lowest BCUT2D eigenvalue weighted by Gasteiger charge is -2.02. The minimum absolute atomic E-state index is 0.0249. The first kappa shape index (κ1) is 15.5. The Balaban J connectivity index is 1.45. The molecule has 2 heterocycles. The van der Waals surface area contributed by atoms with E-state index in [2.05, 4.69) is 15.2 Å². The standard InChI is InChI=1S/C19H13N3O2S/c23-17(15-8-7-13-4-1-2-5-14(13)10-15)12-25-19-22-21-18(24-19)16-6-3-9-20-11-16/h1-11H,12H2. The number of Topliss-reactive ketones (excluding diaryl/α,β-unsaturated/α-hetero) is 1. The third kappa shape index (κ3) is 3.44. The van der Waals surface area contributed by atoms with Crippen molar-refractivity contribution < 1.29 is 9.21 Å². The van der Waals surface area contributed by atoms with Gasteiger partial charge in [-0.05, 0) is 29.0 Å². The highest BCUT2D eigenvalue weighted by molar-refractivity contribution is 7.99. The zero-order chi connectivity index (χ0) is 17.1. The van der Waals surface area contributed by atoms with Crippen molar-refractivity contribution in [3.63, 3.8) is 0 Å². The molecule has 0 atom stereocenters. The molecule has 0 unspecified atom stereocenters. The molecule has 0 N–H and O–H groups in total. The van der Waals surface area contributed by atoms with Crippen molar-refractivity contribution in [1.29, 1.82) is 0 Å². The quantitative estimate of drug-likeness (QED) is 0.397. The molecule has 0 radical (unpaired) electrons. The van der Waals surface area contributed by atoms with Crippen molar-refractivity contribution in [2.24, 2.45) is 0 Å². The average Bonchev–Trinajstić information content (AvgIpc) is 3.15. The molecule has 0 aliphatic rings. The minimum atomic E-state index is 0.0249. The molecule has 0 spiro atoms. The maximum absolute atomic E-state index is 12.4. The van der Waals surface area contributed by atoms with Crippen LogP contribution in [0.1, 0.15) is 10.4 Å². The van der Waals surface area contributed by atoms with E-state index in [1.54, 1.807) is 18.5 Å². The summed E-state index contributed by atoms with van der Waals surface area (Å²) in [6.45, 7) is 0. The van der Waals surface area contributed by atoms with E-state index < -0.39 is 0 Å². The number of benzene rings is 2. The Bertz CT molecular complexity index is 1030. The normalized spacial score (nSPS) is 10.9. The summed E-state index contributed by atoms with van der Waals surface area (Å²) < 4.78 is 5.57. The number of carbonyl (C=O) groups is 1. The molecule has 0 aliphatic heterocycles. The van der Waals surface area contributed by atoms with E-state index in [4.69, 9.17) is 4.42 Å². The van der Waals surface area contributed by atoms with Gasteiger partial charge in [-0.1, -0.05) is 48.2 Å². The molecular formula is C19H13N3O2S. The number of pyridine rings is 1. The molecule has 25 heavy (non-hydrogen) atoms. The lowest BCUT2D eigenvalue weighted by molar-refractivity contribution is 0.102. The Morgan fingerprint density at radius 1 is 1.00 bits per heavy atom. The smallest absolute Gasteiger partial charge is 0.277 e. The maximum atomic E-state index is 12.4. The van der Waals surface area contributed by atoms with E-state index in [0.717, 1.165) is 16.3 Å². The molecule has 0 amide bonds. The van der Waals surface area contributed by atoms with Gasteiger partial charge in [0.05, 0.1) is 11.3 Å². The minimum Gasteiger partial charge on any atom is -0.411 e. The Morgan fingerprint density at radius 2 is 1.88 bits per heavy atom. The number of nitrogens with zero attached hydrogens (tertiary/aromatic N) is 3. The summed E-state index contributed by atoms with van der Waals surface area (Å²) in [4.78, 5) is 16.4. The van der Waals surface area contributed by atoms with Gasteiger partial charge < -0.3 is 4.42 Å². The number of fused-ring (bicyclic) bond motifs is 1. The molecule has 122 valence electrons. The van der Waals surface area contributed by atoms with E-state index in [9.17, 15) is 4.79 Å². The van der Waals surface area contributed by atoms with Gasteiger partial charge in [-0.25, -0.2) is 0 Å². The molecule has 4 aromatic rings. The van der Waals surface area contributed by atoms with Crippen molar-refractivity contribution in [3.8, 4) is 11.5 Å². The first-order chi connectivity index (χ1) is 12.3. The second-order valence-corrected chi connectivity index (χ2v) is 6.32. The molecule has 0 bridgehead atoms. The van der Waals surface area contributed by atoms with Crippen LogP contribution < -0.4 is 0 Å². The summed E-state index contributed by atoms with van der Waals surface area (Å²) in [5.41, 5.74) is 1.43. The van der Waals surface area contributed by atoms with Gasteiger partial charge in [0.1, 0.15) is 0 Å². The van der Waals surface area contributed by atoms with Crippen LogP contribution in [-0.2, 0) is 0 Å². The van der Waals surface area contributed by atoms with Gasteiger partial charge in [0.2, 0.25) is 5.89 Å². The fraction of sp³-hybridized carbons (Fsp3) is 0.0526. The van der Waals surface area contributed by atoms with Crippen molar-refractivity contribution in [2.45, 2.75) is 5.22 Å². The van der Waals surface area contributed by atoms with Gasteiger partial charge >= 0.3 is 0 Å². The first-order valence-corrected chi connectivity index (χ1v) is 8.67. The van der Waals surface area contributed by atoms with Crippen molar-refractivity contribution in [3.05, 3.63) is 72.6 Å². The number of hydrogen-bond acceptors (Lipinski definition) is 6. The topological polar surface area (TPSA) is 68.9 Å². The number of ketones is 1. The molecule has 6 heteroatoms. The van der Waals surface area contributed by atoms with Crippen LogP contribution in [0.25, 0.3) is 22.2 Å². The molecule has 0 fully saturated rings. The van der Waals surface area contributed by atoms with Crippen LogP contribution in [0.15, 0.2) is 76.6 Å². The molecule has 2 aromatic carbocycles. The van der Waals surface area contributed by atoms with Crippen LogP contribution in [0, 0.1) is 0 Å². The lowest BCUT2D eigenvalue weighted by Crippen LogP contribution is -2.02. The third-order valence-electron chi connectivity index (χ3n) is 3.71. The fourth-order valence-electron chi connectivity index (χ4n) is 2.45. The molecule has 5 nitrogen and oxygen atoms in total. The van der Waals surface area contributed by atoms with E-state index >= 15 is 0 Å². The SMILES string of the molecule is O=C(CSc1nnc(-c2cccnc2)o1)c1ccc2ccccc2c1. The monoisotopic (exact) mass is 347 g/mol. The van der Waals surface area contributed by atoms with Crippen LogP contribution in [0.2, 0.25) is 0 Å². The molecule has 2 aromatic heterocycles. The molecule has 0 aliphatic carbocycles. The Labute approximate surface area is 148 Å². The van der Waals surface area contributed by atoms with Crippen LogP contribution in [0.4, 0.5) is 0 Å². The van der Waals surface area contributed by atoms with Gasteiger partial charge in [0, 0.05) is 18.0 Å². The van der Waals surface area contributed by atoms with Crippen molar-refractivity contribution in [1.82, 2.24) is 15.2 Å². The number of thioether (sulfide) groups is 1. The second-order valence-electron chi connectivity index (χ2n) is 5.39. The maximum Gasteiger partial charge on any atom is 0.277 e. The summed E-state index contributed by atoms with van der Waals surface area (Å²) in [7, 11) is 0. The van der Waals surface area contributed by atoms with Crippen molar-refractivity contribution >= 4 is 28.3 Å². The fourth-order valence-corrected chi connectivity index (χ4v) is 3.11. The predicted molar refractivity (Wildman–Crippen MR) is 96.5 cm³/mol. The van der Waals surface area contributed by atoms with Gasteiger partial charge in [-0.15, -0.1) is 10.2 Å². The summed E-state index contributed by atoms with van der Waals surface area (Å²) >= 11 is 1.23. The number of rotatable bonds is 5. The molecular weight excluding hydrogens is 334 g/mol. The van der Waals surface area contributed by atoms with Crippen LogP contribution in [0.5, 0.6) is 0 Å². The van der Waals surface area contributed by atoms with Crippen LogP contribution >= 0.6 is 11.8 Å². The zero-order valence-electron chi connectivity index (χ0n) is 13.1. The summed E-state index contributed by atoms with van der Waals surface area (Å²) in [6, 6.07) is 17.3. The second kappa shape index (κ2) is 6.86. The number of carbonyl (C=O) groups excluding carboxylic acids is 1. The third-order valence-corrected chi connectivity index (χ3v) is 4.53. The Morgan fingerprint density at radius 3 is 2.72 bits per heavy atom. The van der Waals surface area contributed by atoms with E-state index in [-0.39, 0.29) is 11.5 Å².